The zero-order valence-electron chi connectivity index (χ0n) is 17.9. The van der Waals surface area contributed by atoms with Crippen LogP contribution in [0.4, 0.5) is 0 Å². The first kappa shape index (κ1) is 23.9. The first-order chi connectivity index (χ1) is 13.6. The number of carbonyl (C=O) groups is 1. The minimum atomic E-state index is 0. The summed E-state index contributed by atoms with van der Waals surface area (Å²) in [5.41, 5.74) is 1.40. The Balaban J connectivity index is 0.00000300. The average molecular weight is 513 g/mol. The molecule has 2 heterocycles. The normalized spacial score (nSPS) is 24.0. The van der Waals surface area contributed by atoms with Gasteiger partial charge in [-0.1, -0.05) is 37.3 Å². The van der Waals surface area contributed by atoms with Crippen molar-refractivity contribution in [1.82, 2.24) is 20.4 Å². The lowest BCUT2D eigenvalue weighted by Crippen LogP contribution is -2.52. The van der Waals surface area contributed by atoms with E-state index >= 15 is 0 Å². The van der Waals surface area contributed by atoms with Crippen molar-refractivity contribution >= 4 is 35.8 Å². The number of hydrogen-bond acceptors (Lipinski definition) is 3. The molecule has 1 aromatic carbocycles. The molecule has 2 unspecified atom stereocenters. The third kappa shape index (κ3) is 6.84. The molecule has 2 saturated heterocycles. The Kier molecular flexibility index (Phi) is 9.68. The van der Waals surface area contributed by atoms with Crippen molar-refractivity contribution in [3.05, 3.63) is 35.9 Å². The lowest BCUT2D eigenvalue weighted by atomic mass is 9.96. The van der Waals surface area contributed by atoms with E-state index in [0.29, 0.717) is 18.1 Å². The topological polar surface area (TPSA) is 60.0 Å². The van der Waals surface area contributed by atoms with E-state index in [-0.39, 0.29) is 36.4 Å². The largest absolute Gasteiger partial charge is 0.356 e. The maximum absolute atomic E-state index is 11.9. The van der Waals surface area contributed by atoms with Gasteiger partial charge in [0.25, 0.3) is 0 Å². The van der Waals surface area contributed by atoms with E-state index in [4.69, 9.17) is 0 Å². The van der Waals surface area contributed by atoms with Crippen molar-refractivity contribution < 1.29 is 4.79 Å². The monoisotopic (exact) mass is 513 g/mol. The van der Waals surface area contributed by atoms with Crippen molar-refractivity contribution in [1.29, 1.82) is 0 Å². The molecule has 2 atom stereocenters. The fraction of sp³-hybridized carbons (Fsp3) is 0.636. The summed E-state index contributed by atoms with van der Waals surface area (Å²) < 4.78 is 0. The summed E-state index contributed by atoms with van der Waals surface area (Å²) in [5, 5.41) is 6.98. The molecule has 2 bridgehead atoms. The van der Waals surface area contributed by atoms with Crippen LogP contribution in [0.3, 0.4) is 0 Å². The second-order valence-corrected chi connectivity index (χ2v) is 8.24. The van der Waals surface area contributed by atoms with Gasteiger partial charge in [-0.2, -0.15) is 0 Å². The van der Waals surface area contributed by atoms with Crippen LogP contribution in [0, 0.1) is 0 Å². The summed E-state index contributed by atoms with van der Waals surface area (Å²) in [4.78, 5) is 20.7. The molecular formula is C22H36IN5O. The number of benzene rings is 1. The first-order valence-electron chi connectivity index (χ1n) is 10.6. The van der Waals surface area contributed by atoms with Gasteiger partial charge in [0.15, 0.2) is 5.96 Å². The molecule has 0 saturated carbocycles. The highest BCUT2D eigenvalue weighted by Crippen LogP contribution is 2.36. The maximum Gasteiger partial charge on any atom is 0.243 e. The van der Waals surface area contributed by atoms with Gasteiger partial charge >= 0.3 is 0 Å². The Morgan fingerprint density at radius 3 is 2.41 bits per heavy atom. The van der Waals surface area contributed by atoms with Crippen LogP contribution in [0.2, 0.25) is 0 Å². The maximum atomic E-state index is 11.9. The molecule has 3 rings (SSSR count). The third-order valence-corrected chi connectivity index (χ3v) is 5.85. The van der Waals surface area contributed by atoms with Crippen LogP contribution in [0.25, 0.3) is 0 Å². The molecule has 2 aliphatic heterocycles. The van der Waals surface area contributed by atoms with Gasteiger partial charge in [-0.15, -0.1) is 24.0 Å². The molecule has 1 amide bonds. The van der Waals surface area contributed by atoms with E-state index in [9.17, 15) is 4.79 Å². The lowest BCUT2D eigenvalue weighted by molar-refractivity contribution is -0.127. The van der Waals surface area contributed by atoms with E-state index in [0.717, 1.165) is 38.3 Å². The molecule has 0 aromatic heterocycles. The zero-order valence-corrected chi connectivity index (χ0v) is 20.3. The average Bonchev–Trinajstić information content (AvgIpc) is 2.92. The highest BCUT2D eigenvalue weighted by Gasteiger charge is 2.40. The summed E-state index contributed by atoms with van der Waals surface area (Å²) in [6.45, 7) is 4.24. The third-order valence-electron chi connectivity index (χ3n) is 5.85. The van der Waals surface area contributed by atoms with E-state index < -0.39 is 0 Å². The molecule has 29 heavy (non-hydrogen) atoms. The predicted molar refractivity (Wildman–Crippen MR) is 130 cm³/mol. The number of rotatable bonds is 7. The van der Waals surface area contributed by atoms with Gasteiger partial charge in [0.2, 0.25) is 5.91 Å². The van der Waals surface area contributed by atoms with Crippen molar-refractivity contribution in [2.45, 2.75) is 63.7 Å². The zero-order chi connectivity index (χ0) is 19.9. The molecule has 2 fully saturated rings. The number of amides is 1. The number of halogens is 1. The van der Waals surface area contributed by atoms with Crippen LogP contribution in [-0.4, -0.2) is 67.0 Å². The Labute approximate surface area is 192 Å². The van der Waals surface area contributed by atoms with E-state index in [1.54, 1.807) is 19.0 Å². The molecule has 2 aliphatic rings. The van der Waals surface area contributed by atoms with Gasteiger partial charge in [0.1, 0.15) is 6.54 Å². The number of piperidine rings is 1. The first-order valence-corrected chi connectivity index (χ1v) is 10.6. The minimum Gasteiger partial charge on any atom is -0.356 e. The smallest absolute Gasteiger partial charge is 0.243 e. The Hall–Kier alpha value is -1.35. The number of likely N-dealkylation sites (N-methyl/N-ethyl adjacent to an activating group) is 1. The van der Waals surface area contributed by atoms with Crippen LogP contribution in [0.15, 0.2) is 35.3 Å². The molecule has 2 N–H and O–H groups in total. The number of carbonyl (C=O) groups excluding carboxylic acids is 1. The number of nitrogens with zero attached hydrogens (tertiary/aromatic N) is 3. The van der Waals surface area contributed by atoms with Crippen LogP contribution >= 0.6 is 24.0 Å². The van der Waals surface area contributed by atoms with E-state index in [1.165, 1.54) is 18.4 Å². The van der Waals surface area contributed by atoms with Gasteiger partial charge in [-0.3, -0.25) is 9.69 Å². The van der Waals surface area contributed by atoms with E-state index in [2.05, 4.69) is 57.8 Å². The Morgan fingerprint density at radius 1 is 1.17 bits per heavy atom. The number of guanidine groups is 1. The molecule has 162 valence electrons. The highest BCUT2D eigenvalue weighted by atomic mass is 127. The number of fused-ring (bicyclic) bond motifs is 2. The van der Waals surface area contributed by atoms with Gasteiger partial charge in [-0.25, -0.2) is 4.99 Å². The molecule has 0 spiro atoms. The molecular weight excluding hydrogens is 477 g/mol. The SMILES string of the molecule is CCCNC(=NCC(=O)N(C)C)NC1CC2CCC(C1)N2Cc1ccccc1.I. The summed E-state index contributed by atoms with van der Waals surface area (Å²) in [7, 11) is 3.54. The molecule has 6 nitrogen and oxygen atoms in total. The lowest BCUT2D eigenvalue weighted by Gasteiger charge is -2.39. The minimum absolute atomic E-state index is 0. The number of hydrogen-bond donors (Lipinski definition) is 2. The van der Waals surface area contributed by atoms with Crippen LogP contribution in [0.5, 0.6) is 0 Å². The van der Waals surface area contributed by atoms with Gasteiger partial charge in [0, 0.05) is 45.3 Å². The second-order valence-electron chi connectivity index (χ2n) is 8.24. The molecule has 0 radical (unpaired) electrons. The fourth-order valence-corrected chi connectivity index (χ4v) is 4.32. The molecule has 1 aromatic rings. The molecule has 7 heteroatoms. The standard InChI is InChI=1S/C22H35N5O.HI/c1-4-12-23-22(24-15-21(28)26(2)3)25-18-13-19-10-11-20(14-18)27(19)16-17-8-6-5-7-9-17;/h5-9,18-20H,4,10-16H2,1-3H3,(H2,23,24,25);1H. The Bertz CT molecular complexity index is 652. The quantitative estimate of drug-likeness (QED) is 0.335. The summed E-state index contributed by atoms with van der Waals surface area (Å²) in [5.74, 6) is 0.799. The van der Waals surface area contributed by atoms with Crippen LogP contribution in [0.1, 0.15) is 44.6 Å². The van der Waals surface area contributed by atoms with Crippen molar-refractivity contribution in [2.24, 2.45) is 4.99 Å². The van der Waals surface area contributed by atoms with Gasteiger partial charge < -0.3 is 15.5 Å². The van der Waals surface area contributed by atoms with Gasteiger partial charge in [-0.05, 0) is 37.7 Å². The second kappa shape index (κ2) is 11.7. The fourth-order valence-electron chi connectivity index (χ4n) is 4.32. The number of nitrogens with one attached hydrogen (secondary N) is 2. The summed E-state index contributed by atoms with van der Waals surface area (Å²) in [6.07, 6.45) is 5.87. The summed E-state index contributed by atoms with van der Waals surface area (Å²) in [6, 6.07) is 12.5. The van der Waals surface area contributed by atoms with Crippen LogP contribution in [-0.2, 0) is 11.3 Å². The summed E-state index contributed by atoms with van der Waals surface area (Å²) >= 11 is 0. The Morgan fingerprint density at radius 2 is 1.83 bits per heavy atom. The van der Waals surface area contributed by atoms with Gasteiger partial charge in [0.05, 0.1) is 0 Å². The predicted octanol–water partition coefficient (Wildman–Crippen LogP) is 2.83. The number of aliphatic imine (C=N–C) groups is 1. The highest BCUT2D eigenvalue weighted by molar-refractivity contribution is 14.0. The van der Waals surface area contributed by atoms with Crippen molar-refractivity contribution in [3.63, 3.8) is 0 Å². The van der Waals surface area contributed by atoms with Crippen molar-refractivity contribution in [3.8, 4) is 0 Å². The van der Waals surface area contributed by atoms with E-state index in [1.807, 2.05) is 0 Å². The van der Waals surface area contributed by atoms with Crippen molar-refractivity contribution in [2.75, 3.05) is 27.2 Å². The van der Waals surface area contributed by atoms with Crippen LogP contribution < -0.4 is 10.6 Å². The molecule has 0 aliphatic carbocycles.